The van der Waals surface area contributed by atoms with E-state index >= 15 is 0 Å². The largest absolute Gasteiger partial charge is 0.509 e. The van der Waals surface area contributed by atoms with E-state index in [2.05, 4.69) is 19.1 Å². The summed E-state index contributed by atoms with van der Waals surface area (Å²) < 4.78 is 52.7. The van der Waals surface area contributed by atoms with E-state index < -0.39 is 34.1 Å². The topological polar surface area (TPSA) is 88.1 Å². The lowest BCUT2D eigenvalue weighted by Gasteiger charge is -2.51. The van der Waals surface area contributed by atoms with Crippen LogP contribution >= 0.6 is 0 Å². The molecule has 2 aliphatic heterocycles. The summed E-state index contributed by atoms with van der Waals surface area (Å²) in [7, 11) is -4.09. The van der Waals surface area contributed by atoms with Crippen molar-refractivity contribution in [2.75, 3.05) is 0 Å². The van der Waals surface area contributed by atoms with Crippen LogP contribution in [-0.4, -0.2) is 44.1 Å². The van der Waals surface area contributed by atoms with Crippen LogP contribution in [0.5, 0.6) is 0 Å². The van der Waals surface area contributed by atoms with Crippen LogP contribution in [-0.2, 0) is 28.5 Å². The molecule has 6 aliphatic rings. The van der Waals surface area contributed by atoms with Crippen molar-refractivity contribution in [2.24, 2.45) is 47.3 Å². The van der Waals surface area contributed by atoms with Crippen molar-refractivity contribution in [1.29, 1.82) is 0 Å². The number of ether oxygens (including phenoxy) is 3. The smallest absolute Gasteiger partial charge is 0.429 e. The van der Waals surface area contributed by atoms with Gasteiger partial charge in [0, 0.05) is 5.92 Å². The molecule has 0 radical (unpaired) electrons. The van der Waals surface area contributed by atoms with Crippen molar-refractivity contribution in [3.8, 4) is 0 Å². The first-order chi connectivity index (χ1) is 21.9. The van der Waals surface area contributed by atoms with E-state index in [-0.39, 0.29) is 40.3 Å². The number of allylic oxidation sites excluding steroid dienone is 2. The Kier molecular flexibility index (Phi) is 8.66. The third-order valence-corrected chi connectivity index (χ3v) is 13.9. The van der Waals surface area contributed by atoms with E-state index in [0.29, 0.717) is 17.8 Å². The molecule has 7 rings (SSSR count). The minimum absolute atomic E-state index is 0.00820. The average molecular weight is 655 g/mol. The number of fused-ring (bicyclic) bond motifs is 16. The van der Waals surface area contributed by atoms with Gasteiger partial charge in [0.25, 0.3) is 10.1 Å². The molecule has 1 aromatic rings. The molecule has 12 unspecified atom stereocenters. The van der Waals surface area contributed by atoms with Crippen LogP contribution in [0.4, 0.5) is 4.79 Å². The normalized spacial score (nSPS) is 40.2. The molecule has 0 aromatic heterocycles. The van der Waals surface area contributed by atoms with Crippen LogP contribution in [0.3, 0.4) is 0 Å². The van der Waals surface area contributed by atoms with Gasteiger partial charge >= 0.3 is 6.16 Å². The van der Waals surface area contributed by atoms with E-state index in [9.17, 15) is 13.2 Å². The first-order valence-corrected chi connectivity index (χ1v) is 19.6. The van der Waals surface area contributed by atoms with E-state index in [1.165, 1.54) is 38.5 Å². The fourth-order valence-corrected chi connectivity index (χ4v) is 12.4. The maximum absolute atomic E-state index is 13.8. The Morgan fingerprint density at radius 2 is 1.65 bits per heavy atom. The molecule has 0 N–H and O–H groups in total. The molecule has 12 atom stereocenters. The molecule has 6 fully saturated rings. The van der Waals surface area contributed by atoms with E-state index in [4.69, 9.17) is 18.4 Å². The predicted octanol–water partition coefficient (Wildman–Crippen LogP) is 8.39. The minimum atomic E-state index is -4.09. The third-order valence-electron chi connectivity index (χ3n) is 12.6. The molecule has 0 amide bonds. The lowest BCUT2D eigenvalue weighted by atomic mass is 9.53. The Morgan fingerprint density at radius 1 is 0.935 bits per heavy atom. The second kappa shape index (κ2) is 12.2. The maximum atomic E-state index is 13.8. The highest BCUT2D eigenvalue weighted by Gasteiger charge is 2.80. The van der Waals surface area contributed by atoms with Gasteiger partial charge in [-0.1, -0.05) is 49.6 Å². The first-order valence-electron chi connectivity index (χ1n) is 18.2. The molecular weight excluding hydrogens is 600 g/mol. The van der Waals surface area contributed by atoms with Crippen LogP contribution < -0.4 is 0 Å². The standard InChI is InChI=1S/C38H54O7S/c1-6-7-8-9-10-11-12-13-20-38-31-25-17-16-24(21-25)29(31)35(43-38)30-27-22-28(32(30)38)34(33(27)42-36(39)44-37(3,4)5)45-46(40,41)26-18-14-23(2)15-19-26/h10-11,14-15,18-19,24-25,27-35H,6-9,12-13,16-17,20-22H2,1-5H3. The monoisotopic (exact) mass is 654 g/mol. The van der Waals surface area contributed by atoms with Gasteiger partial charge in [0.1, 0.15) is 17.8 Å². The first kappa shape index (κ1) is 32.6. The van der Waals surface area contributed by atoms with E-state index in [1.807, 2.05) is 27.7 Å². The fraction of sp³-hybridized carbons (Fsp3) is 0.763. The predicted molar refractivity (Wildman–Crippen MR) is 175 cm³/mol. The molecule has 8 heteroatoms. The number of unbranched alkanes of at least 4 members (excludes halogenated alkanes) is 4. The number of carbonyl (C=O) groups excluding carboxylic acids is 1. The summed E-state index contributed by atoms with van der Waals surface area (Å²) in [4.78, 5) is 13.2. The van der Waals surface area contributed by atoms with Crippen molar-refractivity contribution in [3.05, 3.63) is 42.0 Å². The molecule has 0 spiro atoms. The van der Waals surface area contributed by atoms with Gasteiger partial charge in [-0.2, -0.15) is 8.42 Å². The van der Waals surface area contributed by atoms with E-state index in [1.54, 1.807) is 24.3 Å². The van der Waals surface area contributed by atoms with Crippen LogP contribution in [0.15, 0.2) is 41.3 Å². The number of hydrogen-bond acceptors (Lipinski definition) is 7. The molecular formula is C38H54O7S. The van der Waals surface area contributed by atoms with Gasteiger partial charge < -0.3 is 14.2 Å². The zero-order valence-electron chi connectivity index (χ0n) is 28.4. The summed E-state index contributed by atoms with van der Waals surface area (Å²) in [5.41, 5.74) is 0.00807. The van der Waals surface area contributed by atoms with Gasteiger partial charge in [0.15, 0.2) is 0 Å². The molecule has 46 heavy (non-hydrogen) atoms. The van der Waals surface area contributed by atoms with Crippen LogP contribution in [0.1, 0.15) is 104 Å². The highest BCUT2D eigenvalue weighted by atomic mass is 32.2. The number of benzene rings is 1. The summed E-state index contributed by atoms with van der Waals surface area (Å²) in [6.07, 6.45) is 15.4. The van der Waals surface area contributed by atoms with Gasteiger partial charge in [-0.05, 0) is 139 Å². The Labute approximate surface area is 276 Å². The zero-order valence-corrected chi connectivity index (χ0v) is 29.2. The van der Waals surface area contributed by atoms with Crippen molar-refractivity contribution in [2.45, 2.75) is 140 Å². The summed E-state index contributed by atoms with van der Waals surface area (Å²) in [5, 5.41) is 0. The maximum Gasteiger partial charge on any atom is 0.509 e. The highest BCUT2D eigenvalue weighted by molar-refractivity contribution is 7.86. The molecule has 1 aromatic carbocycles. The molecule has 2 heterocycles. The van der Waals surface area contributed by atoms with Gasteiger partial charge in [-0.3, -0.25) is 4.18 Å². The number of carbonyl (C=O) groups is 1. The van der Waals surface area contributed by atoms with Gasteiger partial charge in [-0.15, -0.1) is 0 Å². The zero-order chi connectivity index (χ0) is 32.4. The fourth-order valence-electron chi connectivity index (χ4n) is 11.3. The average Bonchev–Trinajstić information content (AvgIpc) is 3.82. The van der Waals surface area contributed by atoms with Crippen molar-refractivity contribution in [3.63, 3.8) is 0 Å². The van der Waals surface area contributed by atoms with Gasteiger partial charge in [0.2, 0.25) is 0 Å². The summed E-state index contributed by atoms with van der Waals surface area (Å²) in [5.74, 6) is 2.95. The van der Waals surface area contributed by atoms with Crippen molar-refractivity contribution >= 4 is 16.3 Å². The SMILES string of the molecule is CCCCCC=CCCCC12OC(C3C4CCC(C4)C31)C1C3CC(C(OS(=O)(=O)c4ccc(C)cc4)C3OC(=O)OC(C)(C)C)C12. The van der Waals surface area contributed by atoms with E-state index in [0.717, 1.165) is 43.6 Å². The number of aryl methyl sites for hydroxylation is 1. The number of rotatable bonds is 12. The quantitative estimate of drug-likeness (QED) is 0.0968. The minimum Gasteiger partial charge on any atom is -0.429 e. The summed E-state index contributed by atoms with van der Waals surface area (Å²) in [6.45, 7) is 9.60. The number of hydrogen-bond donors (Lipinski definition) is 0. The molecule has 4 aliphatic carbocycles. The third kappa shape index (κ3) is 5.56. The highest BCUT2D eigenvalue weighted by Crippen LogP contribution is 2.77. The molecule has 7 nitrogen and oxygen atoms in total. The second-order valence-corrected chi connectivity index (χ2v) is 17.9. The summed E-state index contributed by atoms with van der Waals surface area (Å²) >= 11 is 0. The van der Waals surface area contributed by atoms with Crippen LogP contribution in [0.25, 0.3) is 0 Å². The molecule has 254 valence electrons. The Morgan fingerprint density at radius 3 is 2.37 bits per heavy atom. The van der Waals surface area contributed by atoms with Crippen LogP contribution in [0, 0.1) is 54.3 Å². The summed E-state index contributed by atoms with van der Waals surface area (Å²) in [6, 6.07) is 6.77. The second-order valence-electron chi connectivity index (χ2n) is 16.4. The molecule has 4 saturated carbocycles. The van der Waals surface area contributed by atoms with Gasteiger partial charge in [0.05, 0.1) is 16.6 Å². The molecule has 6 bridgehead atoms. The lowest BCUT2D eigenvalue weighted by molar-refractivity contribution is -0.112. The lowest BCUT2D eigenvalue weighted by Crippen LogP contribution is -2.58. The Hall–Kier alpha value is -1.90. The van der Waals surface area contributed by atoms with Crippen molar-refractivity contribution < 1.29 is 31.6 Å². The Balaban J connectivity index is 1.18. The van der Waals surface area contributed by atoms with Crippen molar-refractivity contribution in [1.82, 2.24) is 0 Å². The molecule has 2 saturated heterocycles. The van der Waals surface area contributed by atoms with Crippen LogP contribution in [0.2, 0.25) is 0 Å². The van der Waals surface area contributed by atoms with Gasteiger partial charge in [-0.25, -0.2) is 4.79 Å². The Bertz CT molecular complexity index is 1410.